The zero-order chi connectivity index (χ0) is 10.8. The molecule has 0 atom stereocenters. The molecule has 0 radical (unpaired) electrons. The molecular weight excluding hydrogens is 192 g/mol. The number of unbranched alkanes of at least 4 members (excludes halogenated alkanes) is 2. The highest BCUT2D eigenvalue weighted by Gasteiger charge is 1.94. The van der Waals surface area contributed by atoms with Crippen LogP contribution >= 0.6 is 0 Å². The molecule has 0 rings (SSSR count). The van der Waals surface area contributed by atoms with Crippen LogP contribution in [-0.4, -0.2) is 29.1 Å². The fourth-order valence-corrected chi connectivity index (χ4v) is 0.698. The van der Waals surface area contributed by atoms with Crippen LogP contribution < -0.4 is 0 Å². The Kier molecular flexibility index (Phi) is 6.93. The van der Waals surface area contributed by atoms with Crippen LogP contribution in [0, 0.1) is 0 Å². The smallest absolute Gasteiger partial charge is 0.450 e. The zero-order valence-corrected chi connectivity index (χ0v) is 7.51. The lowest BCUT2D eigenvalue weighted by Gasteiger charge is -1.97. The highest BCUT2D eigenvalue weighted by Crippen LogP contribution is 1.97. The molecule has 0 aliphatic carbocycles. The molecule has 6 heteroatoms. The minimum Gasteiger partial charge on any atom is -0.450 e. The van der Waals surface area contributed by atoms with E-state index in [1.165, 1.54) is 0 Å². The molecule has 0 unspecified atom stereocenters. The molecule has 0 saturated heterocycles. The standard InChI is InChI=1S/C8H12O6/c9-7(10)13-5-3-1-2-4-6-14-8(11)12/h3,5H,1-2,4,6H2,(H,9,10)(H,11,12). The maximum absolute atomic E-state index is 9.89. The van der Waals surface area contributed by atoms with Gasteiger partial charge in [-0.05, 0) is 25.3 Å². The lowest BCUT2D eigenvalue weighted by atomic mass is 10.2. The first-order valence-electron chi connectivity index (χ1n) is 4.03. The van der Waals surface area contributed by atoms with E-state index in [1.807, 2.05) is 0 Å². The Morgan fingerprint density at radius 3 is 2.43 bits per heavy atom. The van der Waals surface area contributed by atoms with E-state index in [2.05, 4.69) is 9.47 Å². The van der Waals surface area contributed by atoms with E-state index in [-0.39, 0.29) is 6.61 Å². The first kappa shape index (κ1) is 12.3. The van der Waals surface area contributed by atoms with Crippen molar-refractivity contribution < 1.29 is 29.3 Å². The SMILES string of the molecule is O=C(O)OC=CCCCCOC(=O)O. The van der Waals surface area contributed by atoms with E-state index >= 15 is 0 Å². The second-order valence-electron chi connectivity index (χ2n) is 2.37. The Balaban J connectivity index is 3.17. The molecule has 0 bridgehead atoms. The quantitative estimate of drug-likeness (QED) is 0.390. The maximum Gasteiger partial charge on any atom is 0.510 e. The molecule has 0 saturated carbocycles. The minimum absolute atomic E-state index is 0.156. The minimum atomic E-state index is -1.35. The number of allylic oxidation sites excluding steroid dienone is 1. The molecule has 6 nitrogen and oxygen atoms in total. The summed E-state index contributed by atoms with van der Waals surface area (Å²) in [5.41, 5.74) is 0. The third kappa shape index (κ3) is 10.3. The molecule has 0 amide bonds. The normalized spacial score (nSPS) is 10.0. The molecule has 2 N–H and O–H groups in total. The Hall–Kier alpha value is -1.72. The number of carbonyl (C=O) groups is 2. The summed E-state index contributed by atoms with van der Waals surface area (Å²) in [6, 6.07) is 0. The average Bonchev–Trinajstić information content (AvgIpc) is 2.08. The summed E-state index contributed by atoms with van der Waals surface area (Å²) in [7, 11) is 0. The zero-order valence-electron chi connectivity index (χ0n) is 7.51. The summed E-state index contributed by atoms with van der Waals surface area (Å²) in [4.78, 5) is 19.7. The predicted molar refractivity (Wildman–Crippen MR) is 46.1 cm³/mol. The van der Waals surface area contributed by atoms with E-state index in [4.69, 9.17) is 10.2 Å². The average molecular weight is 204 g/mol. The van der Waals surface area contributed by atoms with Gasteiger partial charge < -0.3 is 19.7 Å². The van der Waals surface area contributed by atoms with Crippen molar-refractivity contribution in [2.75, 3.05) is 6.61 Å². The molecule has 0 spiro atoms. The van der Waals surface area contributed by atoms with Crippen molar-refractivity contribution in [2.45, 2.75) is 19.3 Å². The van der Waals surface area contributed by atoms with E-state index in [0.717, 1.165) is 6.26 Å². The third-order valence-corrected chi connectivity index (χ3v) is 1.26. The summed E-state index contributed by atoms with van der Waals surface area (Å²) < 4.78 is 8.35. The second kappa shape index (κ2) is 7.90. The fraction of sp³-hybridized carbons (Fsp3) is 0.500. The number of carboxylic acid groups (broad SMARTS) is 2. The van der Waals surface area contributed by atoms with Crippen molar-refractivity contribution in [3.05, 3.63) is 12.3 Å². The van der Waals surface area contributed by atoms with Gasteiger partial charge in [0.1, 0.15) is 0 Å². The van der Waals surface area contributed by atoms with Gasteiger partial charge in [0.2, 0.25) is 0 Å². The van der Waals surface area contributed by atoms with Gasteiger partial charge in [0, 0.05) is 0 Å². The monoisotopic (exact) mass is 204 g/mol. The maximum atomic E-state index is 9.89. The van der Waals surface area contributed by atoms with E-state index in [0.29, 0.717) is 19.3 Å². The highest BCUT2D eigenvalue weighted by atomic mass is 16.7. The van der Waals surface area contributed by atoms with E-state index < -0.39 is 12.3 Å². The second-order valence-corrected chi connectivity index (χ2v) is 2.37. The molecule has 80 valence electrons. The molecule has 14 heavy (non-hydrogen) atoms. The largest absolute Gasteiger partial charge is 0.510 e. The molecule has 0 aliphatic heterocycles. The van der Waals surface area contributed by atoms with Gasteiger partial charge in [-0.15, -0.1) is 0 Å². The summed E-state index contributed by atoms with van der Waals surface area (Å²) in [5.74, 6) is 0. The van der Waals surface area contributed by atoms with Crippen LogP contribution in [0.4, 0.5) is 9.59 Å². The van der Waals surface area contributed by atoms with Crippen molar-refractivity contribution in [1.82, 2.24) is 0 Å². The molecule has 0 aromatic rings. The summed E-state index contributed by atoms with van der Waals surface area (Å²) >= 11 is 0. The van der Waals surface area contributed by atoms with Gasteiger partial charge in [0.25, 0.3) is 0 Å². The first-order valence-corrected chi connectivity index (χ1v) is 4.03. The summed E-state index contributed by atoms with van der Waals surface area (Å²) in [5, 5.41) is 16.2. The summed E-state index contributed by atoms with van der Waals surface area (Å²) in [6.07, 6.45) is 1.94. The topological polar surface area (TPSA) is 93.1 Å². The van der Waals surface area contributed by atoms with Crippen LogP contribution in [0.1, 0.15) is 19.3 Å². The van der Waals surface area contributed by atoms with Crippen molar-refractivity contribution >= 4 is 12.3 Å². The summed E-state index contributed by atoms with van der Waals surface area (Å²) in [6.45, 7) is 0.156. The third-order valence-electron chi connectivity index (χ3n) is 1.26. The van der Waals surface area contributed by atoms with E-state index in [9.17, 15) is 9.59 Å². The first-order chi connectivity index (χ1) is 6.63. The van der Waals surface area contributed by atoms with E-state index in [1.54, 1.807) is 6.08 Å². The molecule has 0 fully saturated rings. The molecular formula is C8H12O6. The van der Waals surface area contributed by atoms with Gasteiger partial charge in [-0.1, -0.05) is 0 Å². The van der Waals surface area contributed by atoms with Crippen molar-refractivity contribution in [3.63, 3.8) is 0 Å². The Bertz CT molecular complexity index is 210. The van der Waals surface area contributed by atoms with Crippen LogP contribution in [0.15, 0.2) is 12.3 Å². The number of ether oxygens (including phenoxy) is 2. The van der Waals surface area contributed by atoms with Gasteiger partial charge in [-0.25, -0.2) is 9.59 Å². The predicted octanol–water partition coefficient (Wildman–Crippen LogP) is 2.06. The highest BCUT2D eigenvalue weighted by molar-refractivity contribution is 5.57. The lowest BCUT2D eigenvalue weighted by Crippen LogP contribution is -2.01. The molecule has 0 heterocycles. The number of rotatable bonds is 6. The fourth-order valence-electron chi connectivity index (χ4n) is 0.698. The Labute approximate surface area is 80.7 Å². The molecule has 0 aromatic heterocycles. The molecule has 0 aromatic carbocycles. The number of hydrogen-bond donors (Lipinski definition) is 2. The van der Waals surface area contributed by atoms with Gasteiger partial charge in [0.05, 0.1) is 12.9 Å². The van der Waals surface area contributed by atoms with Gasteiger partial charge >= 0.3 is 12.3 Å². The molecule has 0 aliphatic rings. The van der Waals surface area contributed by atoms with Crippen LogP contribution in [-0.2, 0) is 9.47 Å². The Morgan fingerprint density at radius 2 is 1.86 bits per heavy atom. The number of hydrogen-bond acceptors (Lipinski definition) is 4. The lowest BCUT2D eigenvalue weighted by molar-refractivity contribution is 0.0901. The van der Waals surface area contributed by atoms with Crippen molar-refractivity contribution in [3.8, 4) is 0 Å². The van der Waals surface area contributed by atoms with Crippen LogP contribution in [0.5, 0.6) is 0 Å². The van der Waals surface area contributed by atoms with Crippen LogP contribution in [0.25, 0.3) is 0 Å². The Morgan fingerprint density at radius 1 is 1.14 bits per heavy atom. The van der Waals surface area contributed by atoms with Crippen LogP contribution in [0.3, 0.4) is 0 Å². The van der Waals surface area contributed by atoms with Gasteiger partial charge in [0.15, 0.2) is 0 Å². The van der Waals surface area contributed by atoms with Gasteiger partial charge in [-0.3, -0.25) is 0 Å². The van der Waals surface area contributed by atoms with Crippen molar-refractivity contribution in [1.29, 1.82) is 0 Å². The van der Waals surface area contributed by atoms with Crippen LogP contribution in [0.2, 0.25) is 0 Å². The van der Waals surface area contributed by atoms with Gasteiger partial charge in [-0.2, -0.15) is 0 Å². The van der Waals surface area contributed by atoms with Crippen molar-refractivity contribution in [2.24, 2.45) is 0 Å².